The van der Waals surface area contributed by atoms with Crippen LogP contribution in [0.25, 0.3) is 0 Å². The van der Waals surface area contributed by atoms with Crippen LogP contribution in [0.4, 0.5) is 0 Å². The van der Waals surface area contributed by atoms with Crippen molar-refractivity contribution >= 4 is 5.78 Å². The number of hydrogen-bond acceptors (Lipinski definition) is 3. The van der Waals surface area contributed by atoms with Crippen molar-refractivity contribution < 1.29 is 15.0 Å². The first-order valence-electron chi connectivity index (χ1n) is 7.58. The molecule has 19 heavy (non-hydrogen) atoms. The van der Waals surface area contributed by atoms with Crippen molar-refractivity contribution in [3.63, 3.8) is 0 Å². The number of allylic oxidation sites excluding steroid dienone is 1. The molecule has 0 unspecified atom stereocenters. The van der Waals surface area contributed by atoms with E-state index in [-0.39, 0.29) is 11.8 Å². The van der Waals surface area contributed by atoms with Crippen LogP contribution in [0.15, 0.2) is 12.7 Å². The zero-order valence-corrected chi connectivity index (χ0v) is 12.1. The number of aliphatic hydroxyl groups is 2. The van der Waals surface area contributed by atoms with Gasteiger partial charge in [-0.1, -0.05) is 25.8 Å². The maximum atomic E-state index is 11.8. The average molecular weight is 268 g/mol. The molecule has 0 aromatic carbocycles. The largest absolute Gasteiger partial charge is 0.393 e. The van der Waals surface area contributed by atoms with Gasteiger partial charge in [-0.15, -0.1) is 6.58 Å². The second kappa shape index (κ2) is 8.49. The van der Waals surface area contributed by atoms with E-state index in [9.17, 15) is 15.0 Å². The van der Waals surface area contributed by atoms with Gasteiger partial charge in [0.05, 0.1) is 12.2 Å². The molecule has 0 aliphatic heterocycles. The molecule has 1 saturated carbocycles. The highest BCUT2D eigenvalue weighted by Crippen LogP contribution is 2.38. The zero-order valence-electron chi connectivity index (χ0n) is 12.1. The first-order chi connectivity index (χ1) is 9.10. The van der Waals surface area contributed by atoms with Crippen molar-refractivity contribution in [3.8, 4) is 0 Å². The van der Waals surface area contributed by atoms with Gasteiger partial charge < -0.3 is 10.2 Å². The van der Waals surface area contributed by atoms with Crippen molar-refractivity contribution in [2.45, 2.75) is 70.5 Å². The molecule has 4 atom stereocenters. The van der Waals surface area contributed by atoms with Crippen LogP contribution in [-0.2, 0) is 4.79 Å². The van der Waals surface area contributed by atoms with Gasteiger partial charge in [-0.25, -0.2) is 0 Å². The van der Waals surface area contributed by atoms with Crippen molar-refractivity contribution in [3.05, 3.63) is 12.7 Å². The van der Waals surface area contributed by atoms with Crippen LogP contribution in [-0.4, -0.2) is 28.2 Å². The molecule has 0 aromatic heterocycles. The number of rotatable bonds is 9. The average Bonchev–Trinajstić information content (AvgIpc) is 2.63. The van der Waals surface area contributed by atoms with Gasteiger partial charge in [0.1, 0.15) is 5.78 Å². The summed E-state index contributed by atoms with van der Waals surface area (Å²) in [5.41, 5.74) is 0. The summed E-state index contributed by atoms with van der Waals surface area (Å²) in [5.74, 6) is 0.401. The summed E-state index contributed by atoms with van der Waals surface area (Å²) in [6.07, 6.45) is 7.12. The Labute approximate surface area is 116 Å². The normalized spacial score (nSPS) is 30.5. The SMILES string of the molecule is C=CC[C@H]1[C@@H](CCC(=O)CCCCC)[C@H](O)C[C@@H]1O. The fourth-order valence-corrected chi connectivity index (χ4v) is 3.12. The molecule has 0 heterocycles. The van der Waals surface area contributed by atoms with Crippen molar-refractivity contribution in [2.24, 2.45) is 11.8 Å². The lowest BCUT2D eigenvalue weighted by molar-refractivity contribution is -0.119. The van der Waals surface area contributed by atoms with Gasteiger partial charge in [-0.3, -0.25) is 4.79 Å². The molecule has 0 amide bonds. The molecule has 110 valence electrons. The lowest BCUT2D eigenvalue weighted by Gasteiger charge is -2.22. The van der Waals surface area contributed by atoms with E-state index in [2.05, 4.69) is 13.5 Å². The van der Waals surface area contributed by atoms with Crippen molar-refractivity contribution in [2.75, 3.05) is 0 Å². The smallest absolute Gasteiger partial charge is 0.132 e. The summed E-state index contributed by atoms with van der Waals surface area (Å²) in [6.45, 7) is 5.83. The van der Waals surface area contributed by atoms with Gasteiger partial charge in [-0.05, 0) is 37.5 Å². The van der Waals surface area contributed by atoms with Crippen LogP contribution in [0.3, 0.4) is 0 Å². The fraction of sp³-hybridized carbons (Fsp3) is 0.812. The molecule has 1 aliphatic rings. The molecule has 0 bridgehead atoms. The molecular formula is C16H28O3. The predicted molar refractivity (Wildman–Crippen MR) is 76.8 cm³/mol. The van der Waals surface area contributed by atoms with Crippen molar-refractivity contribution in [1.82, 2.24) is 0 Å². The molecule has 3 nitrogen and oxygen atoms in total. The van der Waals surface area contributed by atoms with Crippen molar-refractivity contribution in [1.29, 1.82) is 0 Å². The maximum Gasteiger partial charge on any atom is 0.132 e. The minimum atomic E-state index is -0.469. The van der Waals surface area contributed by atoms with Gasteiger partial charge in [-0.2, -0.15) is 0 Å². The van der Waals surface area contributed by atoms with Crippen LogP contribution in [0.2, 0.25) is 0 Å². The highest BCUT2D eigenvalue weighted by atomic mass is 16.3. The van der Waals surface area contributed by atoms with Crippen LogP contribution >= 0.6 is 0 Å². The van der Waals surface area contributed by atoms with Gasteiger partial charge in [0.15, 0.2) is 0 Å². The van der Waals surface area contributed by atoms with E-state index in [1.54, 1.807) is 6.08 Å². The lowest BCUT2D eigenvalue weighted by atomic mass is 9.86. The quantitative estimate of drug-likeness (QED) is 0.499. The van der Waals surface area contributed by atoms with Crippen LogP contribution in [0.5, 0.6) is 0 Å². The molecule has 1 aliphatic carbocycles. The Bertz CT molecular complexity index is 288. The minimum absolute atomic E-state index is 0.0446. The third-order valence-corrected chi connectivity index (χ3v) is 4.28. The molecule has 0 radical (unpaired) electrons. The van der Waals surface area contributed by atoms with Crippen LogP contribution in [0.1, 0.15) is 58.3 Å². The molecule has 1 rings (SSSR count). The molecule has 2 N–H and O–H groups in total. The minimum Gasteiger partial charge on any atom is -0.393 e. The summed E-state index contributed by atoms with van der Waals surface area (Å²) in [5, 5.41) is 19.9. The third kappa shape index (κ3) is 5.07. The summed E-state index contributed by atoms with van der Waals surface area (Å²) in [7, 11) is 0. The first kappa shape index (κ1) is 16.4. The highest BCUT2D eigenvalue weighted by molar-refractivity contribution is 5.78. The molecule has 3 heteroatoms. The van der Waals surface area contributed by atoms with Gasteiger partial charge >= 0.3 is 0 Å². The Kier molecular flexibility index (Phi) is 7.32. The number of hydrogen-bond donors (Lipinski definition) is 2. The number of Topliss-reactive ketones (excluding diaryl/α,β-unsaturated/α-hetero) is 1. The van der Waals surface area contributed by atoms with Gasteiger partial charge in [0, 0.05) is 12.8 Å². The van der Waals surface area contributed by atoms with Gasteiger partial charge in [0.25, 0.3) is 0 Å². The molecular weight excluding hydrogens is 240 g/mol. The van der Waals surface area contributed by atoms with E-state index < -0.39 is 12.2 Å². The summed E-state index contributed by atoms with van der Waals surface area (Å²) < 4.78 is 0. The second-order valence-electron chi connectivity index (χ2n) is 5.76. The van der Waals surface area contributed by atoms with Gasteiger partial charge in [0.2, 0.25) is 0 Å². The Morgan fingerprint density at radius 3 is 2.53 bits per heavy atom. The summed E-state index contributed by atoms with van der Waals surface area (Å²) in [4.78, 5) is 11.8. The van der Waals surface area contributed by atoms with E-state index in [1.807, 2.05) is 0 Å². The lowest BCUT2D eigenvalue weighted by Crippen LogP contribution is -2.22. The van der Waals surface area contributed by atoms with Crippen LogP contribution in [0, 0.1) is 11.8 Å². The maximum absolute atomic E-state index is 11.8. The molecule has 1 fully saturated rings. The van der Waals surface area contributed by atoms with Crippen LogP contribution < -0.4 is 0 Å². The van der Waals surface area contributed by atoms with E-state index in [4.69, 9.17) is 0 Å². The van der Waals surface area contributed by atoms with E-state index >= 15 is 0 Å². The number of carbonyl (C=O) groups excluding carboxylic acids is 1. The zero-order chi connectivity index (χ0) is 14.3. The monoisotopic (exact) mass is 268 g/mol. The molecule has 0 saturated heterocycles. The Balaban J connectivity index is 2.37. The fourth-order valence-electron chi connectivity index (χ4n) is 3.12. The molecule has 0 aromatic rings. The standard InChI is InChI=1S/C16H28O3/c1-3-5-6-8-12(17)9-10-14-13(7-4-2)15(18)11-16(14)19/h4,13-16,18-19H,2-3,5-11H2,1H3/t13-,14+,15-,16+/m0/s1. The summed E-state index contributed by atoms with van der Waals surface area (Å²) >= 11 is 0. The third-order valence-electron chi connectivity index (χ3n) is 4.28. The Hall–Kier alpha value is -0.670. The van der Waals surface area contributed by atoms with E-state index in [1.165, 1.54) is 0 Å². The number of carbonyl (C=O) groups is 1. The van der Waals surface area contributed by atoms with E-state index in [0.29, 0.717) is 37.9 Å². The molecule has 0 spiro atoms. The highest BCUT2D eigenvalue weighted by Gasteiger charge is 2.40. The number of ketones is 1. The topological polar surface area (TPSA) is 57.5 Å². The predicted octanol–water partition coefficient (Wildman–Crippen LogP) is 2.85. The number of unbranched alkanes of at least 4 members (excludes halogenated alkanes) is 2. The second-order valence-corrected chi connectivity index (χ2v) is 5.76. The first-order valence-corrected chi connectivity index (χ1v) is 7.58. The van der Waals surface area contributed by atoms with E-state index in [0.717, 1.165) is 19.3 Å². The Morgan fingerprint density at radius 2 is 1.89 bits per heavy atom. The number of aliphatic hydroxyl groups excluding tert-OH is 2. The summed E-state index contributed by atoms with van der Waals surface area (Å²) in [6, 6.07) is 0. The Morgan fingerprint density at radius 1 is 1.21 bits per heavy atom.